The first-order chi connectivity index (χ1) is 8.70. The molecular formula is C13H15F2N3. The van der Waals surface area contributed by atoms with Crippen molar-refractivity contribution < 1.29 is 8.78 Å². The van der Waals surface area contributed by atoms with E-state index in [9.17, 15) is 8.78 Å². The van der Waals surface area contributed by atoms with Crippen LogP contribution in [0.4, 0.5) is 8.78 Å². The summed E-state index contributed by atoms with van der Waals surface area (Å²) < 4.78 is 28.4. The van der Waals surface area contributed by atoms with E-state index in [4.69, 9.17) is 0 Å². The van der Waals surface area contributed by atoms with Crippen LogP contribution in [-0.4, -0.2) is 16.3 Å². The van der Waals surface area contributed by atoms with E-state index in [0.717, 1.165) is 12.1 Å². The maximum absolute atomic E-state index is 13.5. The van der Waals surface area contributed by atoms with Gasteiger partial charge in [0.15, 0.2) is 0 Å². The summed E-state index contributed by atoms with van der Waals surface area (Å²) in [6, 6.07) is 3.86. The fourth-order valence-electron chi connectivity index (χ4n) is 1.70. The van der Waals surface area contributed by atoms with Gasteiger partial charge in [0.05, 0.1) is 12.7 Å². The van der Waals surface area contributed by atoms with Crippen LogP contribution < -0.4 is 5.32 Å². The van der Waals surface area contributed by atoms with Gasteiger partial charge in [-0.3, -0.25) is 4.68 Å². The number of aromatic nitrogens is 2. The van der Waals surface area contributed by atoms with E-state index in [0.29, 0.717) is 6.54 Å². The molecule has 0 radical (unpaired) electrons. The van der Waals surface area contributed by atoms with Crippen LogP contribution in [0.2, 0.25) is 0 Å². The molecule has 0 aliphatic rings. The van der Waals surface area contributed by atoms with Crippen molar-refractivity contribution in [1.82, 2.24) is 15.1 Å². The van der Waals surface area contributed by atoms with Gasteiger partial charge >= 0.3 is 0 Å². The molecule has 0 saturated heterocycles. The third-order valence-corrected chi connectivity index (χ3v) is 2.65. The Kier molecular flexibility index (Phi) is 4.04. The lowest BCUT2D eigenvalue weighted by Gasteiger charge is -2.04. The monoisotopic (exact) mass is 251 g/mol. The van der Waals surface area contributed by atoms with Gasteiger partial charge in [-0.2, -0.15) is 5.10 Å². The number of hydrogen-bond donors (Lipinski definition) is 1. The van der Waals surface area contributed by atoms with Crippen molar-refractivity contribution in [3.8, 4) is 0 Å². The summed E-state index contributed by atoms with van der Waals surface area (Å²) in [5.74, 6) is -1.09. The van der Waals surface area contributed by atoms with Crippen LogP contribution in [0.15, 0.2) is 30.6 Å². The van der Waals surface area contributed by atoms with Crippen molar-refractivity contribution >= 4 is 0 Å². The number of benzene rings is 1. The van der Waals surface area contributed by atoms with Gasteiger partial charge < -0.3 is 5.32 Å². The molecule has 0 bridgehead atoms. The highest BCUT2D eigenvalue weighted by molar-refractivity contribution is 5.20. The number of nitrogens with zero attached hydrogens (tertiary/aromatic N) is 2. The second-order valence-corrected chi connectivity index (χ2v) is 4.03. The molecule has 0 aliphatic heterocycles. The van der Waals surface area contributed by atoms with Crippen LogP contribution >= 0.6 is 0 Å². The van der Waals surface area contributed by atoms with E-state index in [2.05, 4.69) is 10.4 Å². The van der Waals surface area contributed by atoms with E-state index >= 15 is 0 Å². The molecule has 3 nitrogen and oxygen atoms in total. The van der Waals surface area contributed by atoms with Gasteiger partial charge in [0.25, 0.3) is 0 Å². The van der Waals surface area contributed by atoms with Gasteiger partial charge in [-0.05, 0) is 18.7 Å². The van der Waals surface area contributed by atoms with Gasteiger partial charge in [0, 0.05) is 23.9 Å². The number of rotatable bonds is 5. The highest BCUT2D eigenvalue weighted by atomic mass is 19.1. The molecule has 0 spiro atoms. The minimum atomic E-state index is -0.543. The standard InChI is InChI=1S/C13H15F2N3/c1-2-16-6-10-7-17-18(8-10)9-11-12(14)4-3-5-13(11)15/h3-5,7-8,16H,2,6,9H2,1H3. The predicted octanol–water partition coefficient (Wildman–Crippen LogP) is 2.32. The topological polar surface area (TPSA) is 29.9 Å². The maximum atomic E-state index is 13.5. The summed E-state index contributed by atoms with van der Waals surface area (Å²) in [5.41, 5.74) is 1.03. The number of nitrogens with one attached hydrogen (secondary N) is 1. The van der Waals surface area contributed by atoms with Crippen LogP contribution in [-0.2, 0) is 13.1 Å². The number of halogens is 2. The van der Waals surface area contributed by atoms with Crippen molar-refractivity contribution in [3.05, 3.63) is 53.4 Å². The largest absolute Gasteiger partial charge is 0.313 e. The molecule has 1 aromatic heterocycles. The van der Waals surface area contributed by atoms with Crippen molar-refractivity contribution in [1.29, 1.82) is 0 Å². The first kappa shape index (κ1) is 12.7. The molecule has 96 valence electrons. The summed E-state index contributed by atoms with van der Waals surface area (Å²) >= 11 is 0. The molecule has 2 rings (SSSR count). The van der Waals surface area contributed by atoms with Crippen molar-refractivity contribution in [3.63, 3.8) is 0 Å². The summed E-state index contributed by atoms with van der Waals surface area (Å²) in [5, 5.41) is 7.25. The average molecular weight is 251 g/mol. The first-order valence-corrected chi connectivity index (χ1v) is 5.85. The molecule has 0 amide bonds. The van der Waals surface area contributed by atoms with E-state index in [1.54, 1.807) is 12.4 Å². The van der Waals surface area contributed by atoms with Gasteiger partial charge in [0.1, 0.15) is 11.6 Å². The Morgan fingerprint density at radius 2 is 2.00 bits per heavy atom. The van der Waals surface area contributed by atoms with Crippen LogP contribution in [0.5, 0.6) is 0 Å². The maximum Gasteiger partial charge on any atom is 0.131 e. The van der Waals surface area contributed by atoms with Gasteiger partial charge in [0.2, 0.25) is 0 Å². The third-order valence-electron chi connectivity index (χ3n) is 2.65. The molecule has 0 aliphatic carbocycles. The molecule has 2 aromatic rings. The normalized spacial score (nSPS) is 10.8. The third kappa shape index (κ3) is 2.92. The lowest BCUT2D eigenvalue weighted by molar-refractivity contribution is 0.532. The number of hydrogen-bond acceptors (Lipinski definition) is 2. The smallest absolute Gasteiger partial charge is 0.131 e. The summed E-state index contributed by atoms with van der Waals surface area (Å²) in [6.07, 6.45) is 3.48. The first-order valence-electron chi connectivity index (χ1n) is 5.85. The van der Waals surface area contributed by atoms with E-state index < -0.39 is 11.6 Å². The molecule has 1 heterocycles. The lowest BCUT2D eigenvalue weighted by Crippen LogP contribution is -2.11. The Hall–Kier alpha value is -1.75. The predicted molar refractivity (Wildman–Crippen MR) is 65.1 cm³/mol. The Balaban J connectivity index is 2.11. The highest BCUT2D eigenvalue weighted by Crippen LogP contribution is 2.13. The van der Waals surface area contributed by atoms with Crippen molar-refractivity contribution in [2.24, 2.45) is 0 Å². The second kappa shape index (κ2) is 5.73. The lowest BCUT2D eigenvalue weighted by atomic mass is 10.2. The van der Waals surface area contributed by atoms with E-state index in [-0.39, 0.29) is 12.1 Å². The van der Waals surface area contributed by atoms with Crippen LogP contribution in [0.25, 0.3) is 0 Å². The zero-order valence-corrected chi connectivity index (χ0v) is 10.2. The van der Waals surface area contributed by atoms with Crippen LogP contribution in [0.1, 0.15) is 18.1 Å². The minimum Gasteiger partial charge on any atom is -0.313 e. The van der Waals surface area contributed by atoms with Gasteiger partial charge in [-0.15, -0.1) is 0 Å². The molecule has 1 N–H and O–H groups in total. The van der Waals surface area contributed by atoms with Crippen molar-refractivity contribution in [2.75, 3.05) is 6.54 Å². The van der Waals surface area contributed by atoms with Crippen molar-refractivity contribution in [2.45, 2.75) is 20.0 Å². The zero-order chi connectivity index (χ0) is 13.0. The SMILES string of the molecule is CCNCc1cnn(Cc2c(F)cccc2F)c1. The zero-order valence-electron chi connectivity index (χ0n) is 10.2. The second-order valence-electron chi connectivity index (χ2n) is 4.03. The Labute approximate surface area is 104 Å². The Morgan fingerprint density at radius 1 is 1.28 bits per heavy atom. The summed E-state index contributed by atoms with van der Waals surface area (Å²) in [4.78, 5) is 0. The van der Waals surface area contributed by atoms with E-state index in [1.807, 2.05) is 6.92 Å². The molecule has 5 heteroatoms. The van der Waals surface area contributed by atoms with Crippen LogP contribution in [0.3, 0.4) is 0 Å². The average Bonchev–Trinajstić information content (AvgIpc) is 2.79. The Bertz CT molecular complexity index is 502. The summed E-state index contributed by atoms with van der Waals surface area (Å²) in [6.45, 7) is 3.69. The van der Waals surface area contributed by atoms with E-state index in [1.165, 1.54) is 22.9 Å². The van der Waals surface area contributed by atoms with Gasteiger partial charge in [-0.25, -0.2) is 8.78 Å². The molecule has 18 heavy (non-hydrogen) atoms. The molecule has 1 aromatic carbocycles. The van der Waals surface area contributed by atoms with Crippen LogP contribution in [0, 0.1) is 11.6 Å². The fourth-order valence-corrected chi connectivity index (χ4v) is 1.70. The highest BCUT2D eigenvalue weighted by Gasteiger charge is 2.09. The summed E-state index contributed by atoms with van der Waals surface area (Å²) in [7, 11) is 0. The molecular weight excluding hydrogens is 236 g/mol. The Morgan fingerprint density at radius 3 is 2.67 bits per heavy atom. The molecule has 0 unspecified atom stereocenters. The minimum absolute atomic E-state index is 0.0376. The fraction of sp³-hybridized carbons (Fsp3) is 0.308. The quantitative estimate of drug-likeness (QED) is 0.883. The molecule has 0 saturated carbocycles. The molecule has 0 fully saturated rings. The molecule has 0 atom stereocenters. The van der Waals surface area contributed by atoms with Gasteiger partial charge in [-0.1, -0.05) is 13.0 Å².